The van der Waals surface area contributed by atoms with Crippen LogP contribution < -0.4 is 9.47 Å². The molecule has 1 aliphatic rings. The molecule has 1 unspecified atom stereocenters. The first kappa shape index (κ1) is 25.0. The summed E-state index contributed by atoms with van der Waals surface area (Å²) in [5.41, 5.74) is 2.95. The maximum absolute atomic E-state index is 13.2. The lowest BCUT2D eigenvalue weighted by molar-refractivity contribution is -0.140. The lowest BCUT2D eigenvalue weighted by atomic mass is 9.94. The third-order valence-electron chi connectivity index (χ3n) is 5.87. The maximum atomic E-state index is 13.2. The van der Waals surface area contributed by atoms with Gasteiger partial charge in [-0.25, -0.2) is 0 Å². The van der Waals surface area contributed by atoms with Crippen LogP contribution in [0, 0.1) is 13.8 Å². The average molecular weight is 467 g/mol. The number of carbonyl (C=O) groups excluding carboxylic acids is 3. The molecular formula is C26H30N2O6. The number of likely N-dealkylation sites (tertiary alicyclic amines) is 1. The smallest absolute Gasteiger partial charge is 0.308 e. The number of nitrogens with zero attached hydrogens (tertiary/aromatic N) is 2. The van der Waals surface area contributed by atoms with Gasteiger partial charge in [-0.15, -0.1) is 0 Å². The highest BCUT2D eigenvalue weighted by Crippen LogP contribution is 2.42. The number of aliphatic hydroxyl groups excluding tert-OH is 1. The van der Waals surface area contributed by atoms with E-state index in [1.54, 1.807) is 30.3 Å². The predicted molar refractivity (Wildman–Crippen MR) is 128 cm³/mol. The SMILES string of the molecule is COc1ccc(C2/C(=C(/O)c3ccc(C)c(C)c3)C(=O)C(=O)N2CCN(C)C)cc1OC(C)=O. The molecule has 1 N–H and O–H groups in total. The van der Waals surface area contributed by atoms with Crippen LogP contribution in [0.4, 0.5) is 0 Å². The summed E-state index contributed by atoms with van der Waals surface area (Å²) in [6.45, 7) is 5.91. The summed E-state index contributed by atoms with van der Waals surface area (Å²) >= 11 is 0. The van der Waals surface area contributed by atoms with E-state index >= 15 is 0 Å². The van der Waals surface area contributed by atoms with Crippen molar-refractivity contribution >= 4 is 23.4 Å². The Morgan fingerprint density at radius 1 is 1.06 bits per heavy atom. The molecule has 0 spiro atoms. The first-order valence-electron chi connectivity index (χ1n) is 10.9. The Hall–Kier alpha value is -3.65. The molecule has 1 aliphatic heterocycles. The Morgan fingerprint density at radius 3 is 2.35 bits per heavy atom. The van der Waals surface area contributed by atoms with Crippen LogP contribution in [-0.4, -0.2) is 66.9 Å². The zero-order chi connectivity index (χ0) is 25.2. The van der Waals surface area contributed by atoms with Crippen LogP contribution in [0.25, 0.3) is 5.76 Å². The third-order valence-corrected chi connectivity index (χ3v) is 5.87. The summed E-state index contributed by atoms with van der Waals surface area (Å²) in [6.07, 6.45) is 0. The molecule has 1 fully saturated rings. The van der Waals surface area contributed by atoms with Gasteiger partial charge < -0.3 is 24.4 Å². The molecule has 1 atom stereocenters. The van der Waals surface area contributed by atoms with Gasteiger partial charge in [0.2, 0.25) is 0 Å². The number of aliphatic hydroxyl groups is 1. The highest BCUT2D eigenvalue weighted by Gasteiger charge is 2.46. The molecule has 0 aromatic heterocycles. The highest BCUT2D eigenvalue weighted by molar-refractivity contribution is 6.46. The molecule has 8 nitrogen and oxygen atoms in total. The van der Waals surface area contributed by atoms with Gasteiger partial charge in [0, 0.05) is 25.6 Å². The molecular weight excluding hydrogens is 436 g/mol. The number of hydrogen-bond donors (Lipinski definition) is 1. The number of rotatable bonds is 7. The second kappa shape index (κ2) is 10.1. The summed E-state index contributed by atoms with van der Waals surface area (Å²) in [5, 5.41) is 11.2. The van der Waals surface area contributed by atoms with Crippen LogP contribution >= 0.6 is 0 Å². The van der Waals surface area contributed by atoms with E-state index < -0.39 is 23.7 Å². The van der Waals surface area contributed by atoms with Gasteiger partial charge in [-0.1, -0.05) is 18.2 Å². The monoisotopic (exact) mass is 466 g/mol. The first-order valence-corrected chi connectivity index (χ1v) is 10.9. The summed E-state index contributed by atoms with van der Waals surface area (Å²) < 4.78 is 10.6. The van der Waals surface area contributed by atoms with Gasteiger partial charge in [-0.2, -0.15) is 0 Å². The van der Waals surface area contributed by atoms with E-state index in [0.29, 0.717) is 23.4 Å². The number of aryl methyl sites for hydroxylation is 2. The zero-order valence-corrected chi connectivity index (χ0v) is 20.3. The van der Waals surface area contributed by atoms with E-state index in [0.717, 1.165) is 11.1 Å². The third kappa shape index (κ3) is 4.97. The van der Waals surface area contributed by atoms with Crippen LogP contribution in [0.5, 0.6) is 11.5 Å². The fourth-order valence-corrected chi connectivity index (χ4v) is 3.91. The Balaban J connectivity index is 2.21. The fraction of sp³-hybridized carbons (Fsp3) is 0.346. The van der Waals surface area contributed by atoms with Crippen molar-refractivity contribution in [3.63, 3.8) is 0 Å². The van der Waals surface area contributed by atoms with Gasteiger partial charge >= 0.3 is 5.97 Å². The van der Waals surface area contributed by atoms with E-state index in [1.165, 1.54) is 18.9 Å². The molecule has 1 amide bonds. The summed E-state index contributed by atoms with van der Waals surface area (Å²) in [7, 11) is 5.19. The molecule has 8 heteroatoms. The second-order valence-electron chi connectivity index (χ2n) is 8.60. The van der Waals surface area contributed by atoms with Crippen LogP contribution in [0.1, 0.15) is 35.2 Å². The fourth-order valence-electron chi connectivity index (χ4n) is 3.91. The quantitative estimate of drug-likeness (QED) is 0.220. The summed E-state index contributed by atoms with van der Waals surface area (Å²) in [6, 6.07) is 9.37. The van der Waals surface area contributed by atoms with Crippen LogP contribution in [0.2, 0.25) is 0 Å². The number of carbonyl (C=O) groups is 3. The summed E-state index contributed by atoms with van der Waals surface area (Å²) in [5.74, 6) is -1.74. The minimum atomic E-state index is -0.859. The maximum Gasteiger partial charge on any atom is 0.308 e. The zero-order valence-electron chi connectivity index (χ0n) is 20.3. The Kier molecular flexibility index (Phi) is 7.41. The lowest BCUT2D eigenvalue weighted by Gasteiger charge is -2.27. The van der Waals surface area contributed by atoms with Crippen LogP contribution in [0.15, 0.2) is 42.0 Å². The molecule has 2 aromatic rings. The van der Waals surface area contributed by atoms with Gasteiger partial charge in [-0.3, -0.25) is 14.4 Å². The van der Waals surface area contributed by atoms with Crippen LogP contribution in [0.3, 0.4) is 0 Å². The van der Waals surface area contributed by atoms with E-state index in [-0.39, 0.29) is 23.6 Å². The molecule has 34 heavy (non-hydrogen) atoms. The molecule has 1 saturated heterocycles. The second-order valence-corrected chi connectivity index (χ2v) is 8.60. The minimum absolute atomic E-state index is 0.00838. The van der Waals surface area contributed by atoms with Gasteiger partial charge in [0.1, 0.15) is 5.76 Å². The molecule has 0 bridgehead atoms. The number of hydrogen-bond acceptors (Lipinski definition) is 7. The number of esters is 1. The summed E-state index contributed by atoms with van der Waals surface area (Å²) in [4.78, 5) is 41.2. The molecule has 1 heterocycles. The Morgan fingerprint density at radius 2 is 1.76 bits per heavy atom. The first-order chi connectivity index (χ1) is 16.0. The number of Topliss-reactive ketones (excluding diaryl/α,β-unsaturated/α-hetero) is 1. The van der Waals surface area contributed by atoms with Crippen molar-refractivity contribution in [2.24, 2.45) is 0 Å². The van der Waals surface area contributed by atoms with Crippen molar-refractivity contribution in [2.75, 3.05) is 34.3 Å². The van der Waals surface area contributed by atoms with Gasteiger partial charge in [0.25, 0.3) is 11.7 Å². The van der Waals surface area contributed by atoms with E-state index in [2.05, 4.69) is 0 Å². The van der Waals surface area contributed by atoms with Gasteiger partial charge in [0.05, 0.1) is 18.7 Å². The molecule has 3 rings (SSSR count). The lowest BCUT2D eigenvalue weighted by Crippen LogP contribution is -2.35. The average Bonchev–Trinajstić information content (AvgIpc) is 3.03. The molecule has 180 valence electrons. The molecule has 0 radical (unpaired) electrons. The van der Waals surface area contributed by atoms with Gasteiger partial charge in [0.15, 0.2) is 11.5 Å². The minimum Gasteiger partial charge on any atom is -0.507 e. The van der Waals surface area contributed by atoms with Crippen molar-refractivity contribution in [1.29, 1.82) is 0 Å². The van der Waals surface area contributed by atoms with Crippen LogP contribution in [-0.2, 0) is 14.4 Å². The van der Waals surface area contributed by atoms with E-state index in [9.17, 15) is 19.5 Å². The highest BCUT2D eigenvalue weighted by atomic mass is 16.6. The standard InChI is InChI=1S/C26H30N2O6/c1-15-7-8-19(13-16(15)2)24(30)22-23(28(12-11-27(4)5)26(32)25(22)31)18-9-10-20(33-6)21(14-18)34-17(3)29/h7-10,13-14,23,30H,11-12H2,1-6H3/b24-22-. The number of likely N-dealkylation sites (N-methyl/N-ethyl adjacent to an activating group) is 1. The van der Waals surface area contributed by atoms with Crippen molar-refractivity contribution in [3.05, 3.63) is 64.2 Å². The predicted octanol–water partition coefficient (Wildman–Crippen LogP) is 3.22. The number of ether oxygens (including phenoxy) is 2. The largest absolute Gasteiger partial charge is 0.507 e. The van der Waals surface area contributed by atoms with Crippen molar-refractivity contribution in [3.8, 4) is 11.5 Å². The molecule has 0 aliphatic carbocycles. The number of ketones is 1. The number of benzene rings is 2. The number of methoxy groups -OCH3 is 1. The van der Waals surface area contributed by atoms with Crippen molar-refractivity contribution in [1.82, 2.24) is 9.80 Å². The molecule has 2 aromatic carbocycles. The van der Waals surface area contributed by atoms with E-state index in [1.807, 2.05) is 38.9 Å². The van der Waals surface area contributed by atoms with Crippen molar-refractivity contribution in [2.45, 2.75) is 26.8 Å². The van der Waals surface area contributed by atoms with Gasteiger partial charge in [-0.05, 0) is 62.8 Å². The van der Waals surface area contributed by atoms with Crippen molar-refractivity contribution < 1.29 is 29.0 Å². The van der Waals surface area contributed by atoms with E-state index in [4.69, 9.17) is 9.47 Å². The molecule has 0 saturated carbocycles. The Bertz CT molecular complexity index is 1170. The topological polar surface area (TPSA) is 96.4 Å². The Labute approximate surface area is 199 Å². The normalized spacial score (nSPS) is 17.4. The number of amides is 1.